The summed E-state index contributed by atoms with van der Waals surface area (Å²) in [6.07, 6.45) is 16.3. The Morgan fingerprint density at radius 1 is 1.21 bits per heavy atom. The second-order valence-corrected chi connectivity index (χ2v) is 10.6. The summed E-state index contributed by atoms with van der Waals surface area (Å²) in [5, 5.41) is 24.9. The van der Waals surface area contributed by atoms with E-state index >= 15 is 0 Å². The highest BCUT2D eigenvalue weighted by Gasteiger charge is 2.40. The highest BCUT2D eigenvalue weighted by Crippen LogP contribution is 2.40. The summed E-state index contributed by atoms with van der Waals surface area (Å²) in [5.74, 6) is 0. The van der Waals surface area contributed by atoms with Crippen LogP contribution in [0.5, 0.6) is 0 Å². The molecule has 38 heavy (non-hydrogen) atoms. The first-order valence-electron chi connectivity index (χ1n) is 13.8. The van der Waals surface area contributed by atoms with Gasteiger partial charge in [-0.05, 0) is 112 Å². The molecule has 0 radical (unpaired) electrons. The van der Waals surface area contributed by atoms with Gasteiger partial charge in [-0.2, -0.15) is 0 Å². The zero-order valence-electron chi connectivity index (χ0n) is 23.0. The Bertz CT molecular complexity index is 1210. The fourth-order valence-electron chi connectivity index (χ4n) is 6.09. The number of benzene rings is 1. The van der Waals surface area contributed by atoms with Gasteiger partial charge in [0.1, 0.15) is 0 Å². The summed E-state index contributed by atoms with van der Waals surface area (Å²) in [7, 11) is 0. The van der Waals surface area contributed by atoms with Crippen molar-refractivity contribution in [2.45, 2.75) is 52.9 Å². The van der Waals surface area contributed by atoms with E-state index in [1.165, 1.54) is 18.5 Å². The molecule has 0 aromatic heterocycles. The molecule has 2 saturated heterocycles. The van der Waals surface area contributed by atoms with E-state index in [9.17, 15) is 15.2 Å². The summed E-state index contributed by atoms with van der Waals surface area (Å²) in [6, 6.07) is 8.84. The van der Waals surface area contributed by atoms with Gasteiger partial charge < -0.3 is 15.3 Å². The van der Waals surface area contributed by atoms with E-state index in [1.807, 2.05) is 32.9 Å². The lowest BCUT2D eigenvalue weighted by Gasteiger charge is -2.24. The molecule has 1 atom stereocenters. The number of aliphatic hydroxyl groups is 1. The Labute approximate surface area is 227 Å². The summed E-state index contributed by atoms with van der Waals surface area (Å²) in [5.41, 5.74) is 7.85. The average molecular weight is 516 g/mol. The molecule has 2 N–H and O–H groups in total. The van der Waals surface area contributed by atoms with Crippen LogP contribution in [0.4, 0.5) is 5.69 Å². The first-order valence-corrected chi connectivity index (χ1v) is 13.8. The molecule has 6 heteroatoms. The average Bonchev–Trinajstić information content (AvgIpc) is 3.51. The van der Waals surface area contributed by atoms with Crippen molar-refractivity contribution >= 4 is 11.3 Å². The number of allylic oxidation sites excluding steroid dienone is 11. The quantitative estimate of drug-likeness (QED) is 0.227. The molecule has 0 bridgehead atoms. The fraction of sp³-hybridized carbons (Fsp3) is 0.438. The van der Waals surface area contributed by atoms with Crippen LogP contribution in [0.2, 0.25) is 0 Å². The molecule has 1 unspecified atom stereocenters. The lowest BCUT2D eigenvalue weighted by Crippen LogP contribution is -2.29. The minimum Gasteiger partial charge on any atom is -0.396 e. The van der Waals surface area contributed by atoms with Crippen molar-refractivity contribution in [1.29, 1.82) is 0 Å². The first-order chi connectivity index (χ1) is 18.4. The molecule has 0 amide bonds. The molecule has 6 nitrogen and oxygen atoms in total. The van der Waals surface area contributed by atoms with E-state index in [2.05, 4.69) is 52.7 Å². The van der Waals surface area contributed by atoms with Crippen LogP contribution < -0.4 is 10.2 Å². The molecule has 202 valence electrons. The highest BCUT2D eigenvalue weighted by molar-refractivity contribution is 5.88. The monoisotopic (exact) mass is 515 g/mol. The van der Waals surface area contributed by atoms with Gasteiger partial charge in [-0.3, -0.25) is 10.1 Å². The van der Waals surface area contributed by atoms with Gasteiger partial charge in [-0.25, -0.2) is 0 Å². The maximum atomic E-state index is 11.6. The molecular formula is C32H41N3O3. The van der Waals surface area contributed by atoms with Crippen LogP contribution in [-0.4, -0.2) is 42.8 Å². The van der Waals surface area contributed by atoms with E-state index in [1.54, 1.807) is 6.08 Å². The van der Waals surface area contributed by atoms with Crippen LogP contribution in [0.1, 0.15) is 58.4 Å². The molecule has 4 rings (SSSR count). The standard InChI is InChI=1S/C32H41N3O3/c1-4-8-25(5-2)29(10-7-20-36)31(27-9-6-11-30(35(37)38)24(3)21-27)26-12-14-28(15-13-26)34-19-17-32(23-34)16-18-33-22-32/h4-5,8-9,11-15,21,33,36H,6-7,10,16-20,22-23H2,1-3H3/b8-4-,25-5+,31-29+. The van der Waals surface area contributed by atoms with Crippen molar-refractivity contribution < 1.29 is 10.0 Å². The Kier molecular flexibility index (Phi) is 9.18. The lowest BCUT2D eigenvalue weighted by molar-refractivity contribution is -0.421. The first kappa shape index (κ1) is 27.8. The summed E-state index contributed by atoms with van der Waals surface area (Å²) < 4.78 is 0. The molecule has 1 aliphatic carbocycles. The molecule has 0 saturated carbocycles. The molecule has 3 aliphatic rings. The number of hydrogen-bond acceptors (Lipinski definition) is 5. The van der Waals surface area contributed by atoms with Crippen LogP contribution >= 0.6 is 0 Å². The van der Waals surface area contributed by atoms with Crippen molar-refractivity contribution in [3.05, 3.63) is 104 Å². The van der Waals surface area contributed by atoms with Gasteiger partial charge in [0.15, 0.2) is 0 Å². The summed E-state index contributed by atoms with van der Waals surface area (Å²) >= 11 is 0. The maximum absolute atomic E-state index is 11.6. The largest absolute Gasteiger partial charge is 0.396 e. The van der Waals surface area contributed by atoms with Crippen LogP contribution in [0.3, 0.4) is 0 Å². The van der Waals surface area contributed by atoms with E-state index in [0.717, 1.165) is 54.0 Å². The van der Waals surface area contributed by atoms with Gasteiger partial charge >= 0.3 is 0 Å². The Hall–Kier alpha value is -3.22. The predicted octanol–water partition coefficient (Wildman–Crippen LogP) is 6.36. The maximum Gasteiger partial charge on any atom is 0.268 e. The van der Waals surface area contributed by atoms with E-state index < -0.39 is 0 Å². The predicted molar refractivity (Wildman–Crippen MR) is 157 cm³/mol. The molecule has 1 aromatic carbocycles. The topological polar surface area (TPSA) is 78.6 Å². The number of hydrogen-bond donors (Lipinski definition) is 2. The second-order valence-electron chi connectivity index (χ2n) is 10.6. The zero-order chi connectivity index (χ0) is 27.1. The normalized spacial score (nSPS) is 22.9. The van der Waals surface area contributed by atoms with E-state index in [0.29, 0.717) is 30.3 Å². The third-order valence-corrected chi connectivity index (χ3v) is 8.09. The number of rotatable bonds is 9. The molecule has 2 aliphatic heterocycles. The second kappa shape index (κ2) is 12.5. The van der Waals surface area contributed by atoms with E-state index in [-0.39, 0.29) is 17.2 Å². The molecule has 2 fully saturated rings. The molecule has 1 spiro atoms. The molecule has 2 heterocycles. The van der Waals surface area contributed by atoms with Crippen LogP contribution in [0.15, 0.2) is 88.7 Å². The zero-order valence-corrected chi connectivity index (χ0v) is 23.0. The van der Waals surface area contributed by atoms with Crippen molar-refractivity contribution in [3.63, 3.8) is 0 Å². The Balaban J connectivity index is 1.78. The van der Waals surface area contributed by atoms with Crippen LogP contribution in [0, 0.1) is 15.5 Å². The van der Waals surface area contributed by atoms with Gasteiger partial charge in [0.05, 0.1) is 4.92 Å². The molecule has 1 aromatic rings. The number of nitro groups is 1. The summed E-state index contributed by atoms with van der Waals surface area (Å²) in [6.45, 7) is 10.4. The SMILES string of the molecule is C\C=C/C(=C\C)C(/CCCO)=C(/C1=CCC=C([N+](=O)[O-])C(C)=C1)c1ccc(N2CCC3(CCNC3)C2)cc1. The van der Waals surface area contributed by atoms with E-state index in [4.69, 9.17) is 0 Å². The number of nitrogens with one attached hydrogen (secondary N) is 1. The minimum atomic E-state index is -0.298. The Morgan fingerprint density at radius 3 is 2.63 bits per heavy atom. The number of aliphatic hydroxyl groups excluding tert-OH is 1. The van der Waals surface area contributed by atoms with Gasteiger partial charge in [0.2, 0.25) is 0 Å². The molecular weight excluding hydrogens is 474 g/mol. The minimum absolute atomic E-state index is 0.106. The summed E-state index contributed by atoms with van der Waals surface area (Å²) in [4.78, 5) is 13.9. The number of nitrogens with zero attached hydrogens (tertiary/aromatic N) is 2. The van der Waals surface area contributed by atoms with Crippen molar-refractivity contribution in [3.8, 4) is 0 Å². The lowest BCUT2D eigenvalue weighted by atomic mass is 9.85. The van der Waals surface area contributed by atoms with Crippen molar-refractivity contribution in [2.75, 3.05) is 37.7 Å². The van der Waals surface area contributed by atoms with Gasteiger partial charge in [-0.15, -0.1) is 0 Å². The van der Waals surface area contributed by atoms with Crippen LogP contribution in [0.25, 0.3) is 5.57 Å². The van der Waals surface area contributed by atoms with Gasteiger partial charge in [-0.1, -0.05) is 36.4 Å². The third-order valence-electron chi connectivity index (χ3n) is 8.09. The highest BCUT2D eigenvalue weighted by atomic mass is 16.6. The number of anilines is 1. The van der Waals surface area contributed by atoms with Gasteiger partial charge in [0.25, 0.3) is 5.70 Å². The fourth-order valence-corrected chi connectivity index (χ4v) is 6.09. The smallest absolute Gasteiger partial charge is 0.268 e. The third kappa shape index (κ3) is 6.08. The van der Waals surface area contributed by atoms with Crippen molar-refractivity contribution in [2.24, 2.45) is 5.41 Å². The Morgan fingerprint density at radius 2 is 2.00 bits per heavy atom. The van der Waals surface area contributed by atoms with Crippen LogP contribution in [-0.2, 0) is 0 Å². The van der Waals surface area contributed by atoms with Crippen molar-refractivity contribution in [1.82, 2.24) is 5.32 Å². The van der Waals surface area contributed by atoms with Gasteiger partial charge in [0, 0.05) is 42.9 Å².